The molecule has 2 aromatic carbocycles. The van der Waals surface area contributed by atoms with Crippen molar-refractivity contribution in [1.82, 2.24) is 20.2 Å². The molecule has 0 radical (unpaired) electrons. The second-order valence-electron chi connectivity index (χ2n) is 12.6. The highest BCUT2D eigenvalue weighted by Crippen LogP contribution is 2.27. The van der Waals surface area contributed by atoms with Gasteiger partial charge >= 0.3 is 12.1 Å². The molecule has 3 aromatic rings. The maximum atomic E-state index is 12.9. The summed E-state index contributed by atoms with van der Waals surface area (Å²) < 4.78 is 62.6. The maximum Gasteiger partial charge on any atom is 0.471 e. The van der Waals surface area contributed by atoms with E-state index in [-0.39, 0.29) is 41.4 Å². The number of anilines is 5. The average Bonchev–Trinajstić information content (AvgIpc) is 3.00. The van der Waals surface area contributed by atoms with E-state index >= 15 is 0 Å². The third kappa shape index (κ3) is 10.3. The zero-order chi connectivity index (χ0) is 34.4. The number of aryl methyl sites for hydroxylation is 1. The number of aromatic nitrogens is 2. The first-order valence-corrected chi connectivity index (χ1v) is 16.8. The van der Waals surface area contributed by atoms with Gasteiger partial charge in [0.15, 0.2) is 9.84 Å². The highest BCUT2D eigenvalue weighted by Gasteiger charge is 2.38. The van der Waals surface area contributed by atoms with Gasteiger partial charge in [0.25, 0.3) is 0 Å². The molecule has 0 saturated carbocycles. The Labute approximate surface area is 272 Å². The molecule has 15 heteroatoms. The molecule has 2 amide bonds. The molecule has 1 fully saturated rings. The molecular formula is C32H40F3N7O4S. The lowest BCUT2D eigenvalue weighted by Crippen LogP contribution is -2.48. The number of hydrogen-bond acceptors (Lipinski definition) is 9. The first kappa shape index (κ1) is 35.5. The molecule has 11 nitrogen and oxygen atoms in total. The van der Waals surface area contributed by atoms with Gasteiger partial charge in [-0.05, 0) is 61.2 Å². The van der Waals surface area contributed by atoms with Gasteiger partial charge in [-0.2, -0.15) is 18.2 Å². The van der Waals surface area contributed by atoms with Crippen LogP contribution in [0, 0.1) is 12.3 Å². The van der Waals surface area contributed by atoms with Crippen LogP contribution in [0.1, 0.15) is 39.2 Å². The van der Waals surface area contributed by atoms with Crippen LogP contribution < -0.4 is 20.9 Å². The number of hydrogen-bond donors (Lipinski definition) is 3. The summed E-state index contributed by atoms with van der Waals surface area (Å²) in [5.41, 5.74) is 2.71. The van der Waals surface area contributed by atoms with Crippen molar-refractivity contribution >= 4 is 50.5 Å². The SMILES string of the molecule is Cc1cnc(Nc2ccc(N3CCN(C(=O)CCCNC(=O)C(F)(F)F)CC3)cc2)nc1Nc1cccc(S(=O)(=O)CC(C)(C)C)c1. The van der Waals surface area contributed by atoms with Gasteiger partial charge in [0.1, 0.15) is 5.82 Å². The number of halogens is 3. The minimum atomic E-state index is -4.93. The number of benzene rings is 2. The fourth-order valence-electron chi connectivity index (χ4n) is 4.98. The van der Waals surface area contributed by atoms with Crippen molar-refractivity contribution in [3.63, 3.8) is 0 Å². The standard InChI is InChI=1S/C32H40F3N7O4S/c1-22-20-37-30(40-28(22)38-24-7-5-8-26(19-24)47(45,46)21-31(2,3)4)39-23-10-12-25(13-11-23)41-15-17-42(18-16-41)27(43)9-6-14-36-29(44)32(33,34)35/h5,7-8,10-13,19-20H,6,9,14-18,21H2,1-4H3,(H,36,44)(H2,37,38,39,40). The molecule has 1 aliphatic heterocycles. The molecule has 0 aliphatic carbocycles. The lowest BCUT2D eigenvalue weighted by molar-refractivity contribution is -0.173. The van der Waals surface area contributed by atoms with E-state index in [1.54, 1.807) is 40.7 Å². The smallest absolute Gasteiger partial charge is 0.368 e. The van der Waals surface area contributed by atoms with Gasteiger partial charge in [0.05, 0.1) is 10.6 Å². The van der Waals surface area contributed by atoms with E-state index in [9.17, 15) is 31.2 Å². The number of carbonyl (C=O) groups is 2. The summed E-state index contributed by atoms with van der Waals surface area (Å²) in [6.45, 7) is 9.45. The largest absolute Gasteiger partial charge is 0.471 e. The van der Waals surface area contributed by atoms with Crippen LogP contribution >= 0.6 is 0 Å². The Morgan fingerprint density at radius 1 is 0.936 bits per heavy atom. The van der Waals surface area contributed by atoms with E-state index in [0.717, 1.165) is 16.9 Å². The number of sulfone groups is 1. The van der Waals surface area contributed by atoms with Gasteiger partial charge in [-0.15, -0.1) is 0 Å². The van der Waals surface area contributed by atoms with Crippen molar-refractivity contribution in [3.05, 3.63) is 60.3 Å². The average molecular weight is 676 g/mol. The van der Waals surface area contributed by atoms with E-state index in [0.29, 0.717) is 43.6 Å². The van der Waals surface area contributed by atoms with Crippen molar-refractivity contribution in [1.29, 1.82) is 0 Å². The minimum Gasteiger partial charge on any atom is -0.368 e. The van der Waals surface area contributed by atoms with Gasteiger partial charge in [-0.3, -0.25) is 9.59 Å². The fraction of sp³-hybridized carbons (Fsp3) is 0.438. The predicted molar refractivity (Wildman–Crippen MR) is 175 cm³/mol. The second-order valence-corrected chi connectivity index (χ2v) is 14.6. The number of rotatable bonds is 11. The number of nitrogens with one attached hydrogen (secondary N) is 3. The monoisotopic (exact) mass is 675 g/mol. The summed E-state index contributed by atoms with van der Waals surface area (Å²) >= 11 is 0. The van der Waals surface area contributed by atoms with E-state index in [2.05, 4.69) is 25.5 Å². The van der Waals surface area contributed by atoms with Crippen molar-refractivity contribution in [2.24, 2.45) is 5.41 Å². The van der Waals surface area contributed by atoms with Crippen LogP contribution in [-0.2, 0) is 19.4 Å². The Bertz CT molecular complexity index is 1670. The van der Waals surface area contributed by atoms with Gasteiger partial charge < -0.3 is 25.8 Å². The predicted octanol–water partition coefficient (Wildman–Crippen LogP) is 5.20. The molecule has 0 atom stereocenters. The molecule has 1 aromatic heterocycles. The number of alkyl halides is 3. The zero-order valence-corrected chi connectivity index (χ0v) is 27.6. The van der Waals surface area contributed by atoms with Crippen molar-refractivity contribution in [2.45, 2.75) is 51.6 Å². The van der Waals surface area contributed by atoms with Crippen LogP contribution in [-0.4, -0.2) is 79.8 Å². The normalized spacial score (nSPS) is 14.1. The molecule has 0 unspecified atom stereocenters. The van der Waals surface area contributed by atoms with E-state index in [4.69, 9.17) is 0 Å². The van der Waals surface area contributed by atoms with Crippen LogP contribution in [0.25, 0.3) is 0 Å². The first-order chi connectivity index (χ1) is 22.0. The van der Waals surface area contributed by atoms with E-state index in [1.165, 1.54) is 0 Å². The number of piperazine rings is 1. The van der Waals surface area contributed by atoms with E-state index in [1.807, 2.05) is 52.0 Å². The minimum absolute atomic E-state index is 0.0288. The van der Waals surface area contributed by atoms with Gasteiger partial charge in [-0.25, -0.2) is 13.4 Å². The number of carbonyl (C=O) groups excluding carboxylic acids is 2. The van der Waals surface area contributed by atoms with Crippen molar-refractivity contribution in [3.8, 4) is 0 Å². The Morgan fingerprint density at radius 2 is 1.62 bits per heavy atom. The molecular weight excluding hydrogens is 635 g/mol. The summed E-state index contributed by atoms with van der Waals surface area (Å²) in [7, 11) is -3.47. The van der Waals surface area contributed by atoms with Crippen LogP contribution in [0.2, 0.25) is 0 Å². The summed E-state index contributed by atoms with van der Waals surface area (Å²) in [5.74, 6) is -1.25. The van der Waals surface area contributed by atoms with Gasteiger partial charge in [0, 0.05) is 68.0 Å². The third-order valence-corrected chi connectivity index (χ3v) is 9.50. The highest BCUT2D eigenvalue weighted by atomic mass is 32.2. The van der Waals surface area contributed by atoms with Gasteiger partial charge in [-0.1, -0.05) is 26.8 Å². The van der Waals surface area contributed by atoms with E-state index < -0.39 is 21.9 Å². The maximum absolute atomic E-state index is 12.9. The Hall–Kier alpha value is -4.40. The molecule has 4 rings (SSSR count). The Balaban J connectivity index is 1.30. The molecule has 47 heavy (non-hydrogen) atoms. The highest BCUT2D eigenvalue weighted by molar-refractivity contribution is 7.91. The molecule has 1 aliphatic rings. The number of nitrogens with zero attached hydrogens (tertiary/aromatic N) is 4. The van der Waals surface area contributed by atoms with Crippen LogP contribution in [0.4, 0.5) is 42.0 Å². The van der Waals surface area contributed by atoms with Crippen LogP contribution in [0.15, 0.2) is 59.6 Å². The molecule has 1 saturated heterocycles. The lowest BCUT2D eigenvalue weighted by Gasteiger charge is -2.36. The summed E-state index contributed by atoms with van der Waals surface area (Å²) in [5, 5.41) is 8.18. The molecule has 2 heterocycles. The third-order valence-electron chi connectivity index (χ3n) is 7.28. The van der Waals surface area contributed by atoms with Crippen molar-refractivity contribution < 1.29 is 31.2 Å². The summed E-state index contributed by atoms with van der Waals surface area (Å²) in [6.07, 6.45) is -3.07. The quantitative estimate of drug-likeness (QED) is 0.234. The molecule has 254 valence electrons. The van der Waals surface area contributed by atoms with Gasteiger partial charge in [0.2, 0.25) is 11.9 Å². The second kappa shape index (κ2) is 14.6. The van der Waals surface area contributed by atoms with Crippen LogP contribution in [0.5, 0.6) is 0 Å². The molecule has 0 bridgehead atoms. The first-order valence-electron chi connectivity index (χ1n) is 15.2. The Kier molecular flexibility index (Phi) is 11.0. The molecule has 0 spiro atoms. The topological polar surface area (TPSA) is 137 Å². The fourth-order valence-corrected chi connectivity index (χ4v) is 6.88. The number of amides is 2. The Morgan fingerprint density at radius 3 is 2.26 bits per heavy atom. The summed E-state index contributed by atoms with van der Waals surface area (Å²) in [4.78, 5) is 36.4. The van der Waals surface area contributed by atoms with Crippen molar-refractivity contribution in [2.75, 3.05) is 54.0 Å². The van der Waals surface area contributed by atoms with Crippen LogP contribution in [0.3, 0.4) is 0 Å². The zero-order valence-electron chi connectivity index (χ0n) is 26.8. The summed E-state index contributed by atoms with van der Waals surface area (Å²) in [6, 6.07) is 14.3. The molecule has 3 N–H and O–H groups in total. The lowest BCUT2D eigenvalue weighted by atomic mass is 10.0.